The molecule has 0 atom stereocenters. The van der Waals surface area contributed by atoms with Gasteiger partial charge in [-0.1, -0.05) is 51.1 Å². The van der Waals surface area contributed by atoms with E-state index in [2.05, 4.69) is 39.2 Å². The molecule has 0 bridgehead atoms. The minimum Gasteiger partial charge on any atom is -0.465 e. The highest BCUT2D eigenvalue weighted by Gasteiger charge is 2.37. The monoisotopic (exact) mass is 428 g/mol. The molecule has 162 valence electrons. The Bertz CT molecular complexity index is 846. The summed E-state index contributed by atoms with van der Waals surface area (Å²) in [7, 11) is -1.89. The van der Waals surface area contributed by atoms with Crippen molar-refractivity contribution in [1.82, 2.24) is 0 Å². The smallest absolute Gasteiger partial charge is 0.409 e. The van der Waals surface area contributed by atoms with Crippen molar-refractivity contribution in [3.63, 3.8) is 0 Å². The summed E-state index contributed by atoms with van der Waals surface area (Å²) < 4.78 is 6.28. The van der Waals surface area contributed by atoms with Crippen LogP contribution in [-0.2, 0) is 15.6 Å². The molecule has 0 aliphatic heterocycles. The Morgan fingerprint density at radius 1 is 1.03 bits per heavy atom. The molecular formula is C23H32N2O4Si. The predicted molar refractivity (Wildman–Crippen MR) is 124 cm³/mol. The average Bonchev–Trinajstić information content (AvgIpc) is 2.66. The Morgan fingerprint density at radius 3 is 2.17 bits per heavy atom. The lowest BCUT2D eigenvalue weighted by atomic mass is 10.1. The Labute approximate surface area is 180 Å². The van der Waals surface area contributed by atoms with E-state index in [1.54, 1.807) is 29.2 Å². The van der Waals surface area contributed by atoms with E-state index in [1.807, 2.05) is 30.3 Å². The quantitative estimate of drug-likeness (QED) is 0.554. The topological polar surface area (TPSA) is 78.9 Å². The third-order valence-electron chi connectivity index (χ3n) is 5.51. The molecule has 2 aromatic rings. The second kappa shape index (κ2) is 9.91. The van der Waals surface area contributed by atoms with Gasteiger partial charge in [-0.25, -0.2) is 4.79 Å². The first-order valence-corrected chi connectivity index (χ1v) is 13.0. The van der Waals surface area contributed by atoms with E-state index in [0.717, 1.165) is 11.3 Å². The van der Waals surface area contributed by atoms with E-state index in [0.29, 0.717) is 18.8 Å². The number of carbonyl (C=O) groups excluding carboxylic acids is 1. The van der Waals surface area contributed by atoms with Gasteiger partial charge < -0.3 is 14.4 Å². The van der Waals surface area contributed by atoms with Crippen molar-refractivity contribution in [3.8, 4) is 0 Å². The molecule has 0 unspecified atom stereocenters. The first-order chi connectivity index (χ1) is 14.0. The number of rotatable bonds is 8. The summed E-state index contributed by atoms with van der Waals surface area (Å²) in [4.78, 5) is 25.6. The molecule has 2 amide bonds. The zero-order valence-electron chi connectivity index (χ0n) is 18.4. The molecule has 0 fully saturated rings. The van der Waals surface area contributed by atoms with Crippen molar-refractivity contribution in [1.29, 1.82) is 0 Å². The lowest BCUT2D eigenvalue weighted by Gasteiger charge is -2.36. The van der Waals surface area contributed by atoms with Gasteiger partial charge >= 0.3 is 6.09 Å². The number of amides is 2. The van der Waals surface area contributed by atoms with E-state index in [-0.39, 0.29) is 17.4 Å². The van der Waals surface area contributed by atoms with Crippen LogP contribution >= 0.6 is 0 Å². The molecule has 0 spiro atoms. The maximum absolute atomic E-state index is 13.1. The highest BCUT2D eigenvalue weighted by atomic mass is 28.4. The summed E-state index contributed by atoms with van der Waals surface area (Å²) in [5, 5.41) is 11.2. The summed E-state index contributed by atoms with van der Waals surface area (Å²) in [5.74, 6) is -0.0287. The van der Waals surface area contributed by atoms with Gasteiger partial charge in [0.2, 0.25) is 5.91 Å². The molecule has 2 aromatic carbocycles. The number of carboxylic acid groups (broad SMARTS) is 1. The van der Waals surface area contributed by atoms with Crippen LogP contribution in [0.2, 0.25) is 18.1 Å². The SMILES string of the molecule is CC(C)(C)[Si](C)(C)OCCN(C(=O)Cc1ccc(NC(=O)O)cc1)c1ccccc1. The van der Waals surface area contributed by atoms with Crippen molar-refractivity contribution in [3.05, 3.63) is 60.2 Å². The van der Waals surface area contributed by atoms with Gasteiger partial charge in [-0.05, 0) is 48.0 Å². The molecule has 0 aliphatic carbocycles. The van der Waals surface area contributed by atoms with E-state index < -0.39 is 14.4 Å². The first kappa shape index (κ1) is 23.6. The Kier molecular flexibility index (Phi) is 7.81. The minimum atomic E-state index is -1.89. The molecular weight excluding hydrogens is 396 g/mol. The third kappa shape index (κ3) is 6.71. The average molecular weight is 429 g/mol. The van der Waals surface area contributed by atoms with Gasteiger partial charge in [0.25, 0.3) is 0 Å². The van der Waals surface area contributed by atoms with Crippen LogP contribution in [0.3, 0.4) is 0 Å². The molecule has 0 saturated carbocycles. The van der Waals surface area contributed by atoms with Crippen LogP contribution in [0.5, 0.6) is 0 Å². The Hall–Kier alpha value is -2.64. The standard InChI is InChI=1S/C23H32N2O4Si/c1-23(2,3)30(4,5)29-16-15-25(20-9-7-6-8-10-20)21(26)17-18-11-13-19(14-12-18)24-22(27)28/h6-14,24H,15-17H2,1-5H3,(H,27,28). The van der Waals surface area contributed by atoms with Crippen LogP contribution in [0.25, 0.3) is 0 Å². The first-order valence-electron chi connectivity index (χ1n) is 10.1. The zero-order valence-corrected chi connectivity index (χ0v) is 19.4. The second-order valence-corrected chi connectivity index (χ2v) is 13.6. The number of para-hydroxylation sites is 1. The second-order valence-electron chi connectivity index (χ2n) is 8.79. The summed E-state index contributed by atoms with van der Waals surface area (Å²) in [6.07, 6.45) is -0.890. The molecule has 0 radical (unpaired) electrons. The molecule has 0 saturated heterocycles. The largest absolute Gasteiger partial charge is 0.465 e. The summed E-state index contributed by atoms with van der Waals surface area (Å²) in [6, 6.07) is 16.4. The fourth-order valence-electron chi connectivity index (χ4n) is 2.71. The van der Waals surface area contributed by atoms with Crippen molar-refractivity contribution in [2.75, 3.05) is 23.4 Å². The molecule has 7 heteroatoms. The van der Waals surface area contributed by atoms with Crippen molar-refractivity contribution >= 4 is 31.7 Å². The van der Waals surface area contributed by atoms with Crippen LogP contribution < -0.4 is 10.2 Å². The zero-order chi connectivity index (χ0) is 22.4. The summed E-state index contributed by atoms with van der Waals surface area (Å²) in [6.45, 7) is 12.0. The van der Waals surface area contributed by atoms with Crippen LogP contribution in [-0.4, -0.2) is 38.6 Å². The van der Waals surface area contributed by atoms with Crippen molar-refractivity contribution < 1.29 is 19.1 Å². The predicted octanol–water partition coefficient (Wildman–Crippen LogP) is 5.37. The molecule has 2 rings (SSSR count). The fourth-order valence-corrected chi connectivity index (χ4v) is 3.75. The van der Waals surface area contributed by atoms with Gasteiger partial charge in [-0.3, -0.25) is 10.1 Å². The van der Waals surface area contributed by atoms with Crippen molar-refractivity contribution in [2.24, 2.45) is 0 Å². The van der Waals surface area contributed by atoms with Gasteiger partial charge in [-0.2, -0.15) is 0 Å². The fraction of sp³-hybridized carbons (Fsp3) is 0.391. The molecule has 6 nitrogen and oxygen atoms in total. The lowest BCUT2D eigenvalue weighted by molar-refractivity contribution is -0.118. The Morgan fingerprint density at radius 2 is 1.63 bits per heavy atom. The normalized spacial score (nSPS) is 11.8. The molecule has 2 N–H and O–H groups in total. The Balaban J connectivity index is 2.09. The van der Waals surface area contributed by atoms with Crippen LogP contribution in [0.4, 0.5) is 16.2 Å². The maximum atomic E-state index is 13.1. The van der Waals surface area contributed by atoms with Gasteiger partial charge in [0.15, 0.2) is 8.32 Å². The van der Waals surface area contributed by atoms with Crippen LogP contribution in [0.1, 0.15) is 26.3 Å². The number of carbonyl (C=O) groups is 2. The van der Waals surface area contributed by atoms with Crippen LogP contribution in [0, 0.1) is 0 Å². The van der Waals surface area contributed by atoms with Gasteiger partial charge in [-0.15, -0.1) is 0 Å². The molecule has 0 heterocycles. The van der Waals surface area contributed by atoms with E-state index in [4.69, 9.17) is 9.53 Å². The lowest BCUT2D eigenvalue weighted by Crippen LogP contribution is -2.44. The molecule has 0 aromatic heterocycles. The highest BCUT2D eigenvalue weighted by molar-refractivity contribution is 6.74. The molecule has 30 heavy (non-hydrogen) atoms. The summed E-state index contributed by atoms with van der Waals surface area (Å²) >= 11 is 0. The van der Waals surface area contributed by atoms with E-state index in [9.17, 15) is 9.59 Å². The number of nitrogens with one attached hydrogen (secondary N) is 1. The van der Waals surface area contributed by atoms with Crippen LogP contribution in [0.15, 0.2) is 54.6 Å². The summed E-state index contributed by atoms with van der Waals surface area (Å²) in [5.41, 5.74) is 2.13. The highest BCUT2D eigenvalue weighted by Crippen LogP contribution is 2.36. The van der Waals surface area contributed by atoms with Gasteiger partial charge in [0.1, 0.15) is 0 Å². The third-order valence-corrected chi connectivity index (χ3v) is 10.1. The van der Waals surface area contributed by atoms with Gasteiger partial charge in [0, 0.05) is 17.9 Å². The van der Waals surface area contributed by atoms with Crippen molar-refractivity contribution in [2.45, 2.75) is 45.3 Å². The number of benzene rings is 2. The number of hydrogen-bond acceptors (Lipinski definition) is 3. The number of nitrogens with zero attached hydrogens (tertiary/aromatic N) is 1. The van der Waals surface area contributed by atoms with Gasteiger partial charge in [0.05, 0.1) is 13.0 Å². The van der Waals surface area contributed by atoms with E-state index >= 15 is 0 Å². The number of anilines is 2. The molecule has 0 aliphatic rings. The maximum Gasteiger partial charge on any atom is 0.409 e. The number of hydrogen-bond donors (Lipinski definition) is 2. The minimum absolute atomic E-state index is 0.0287. The van der Waals surface area contributed by atoms with E-state index in [1.165, 1.54) is 0 Å².